The summed E-state index contributed by atoms with van der Waals surface area (Å²) in [4.78, 5) is 18.6. The van der Waals surface area contributed by atoms with Crippen LogP contribution in [0.1, 0.15) is 26.7 Å². The molecule has 4 rings (SSSR count). The summed E-state index contributed by atoms with van der Waals surface area (Å²) in [6.07, 6.45) is 1.13. The van der Waals surface area contributed by atoms with Crippen molar-refractivity contribution in [2.45, 2.75) is 45.4 Å². The van der Waals surface area contributed by atoms with E-state index in [9.17, 15) is 4.79 Å². The van der Waals surface area contributed by atoms with Crippen LogP contribution in [0.25, 0.3) is 11.0 Å². The van der Waals surface area contributed by atoms with Gasteiger partial charge in [0.15, 0.2) is 0 Å². The van der Waals surface area contributed by atoms with Gasteiger partial charge in [-0.25, -0.2) is 4.98 Å². The molecule has 5 nitrogen and oxygen atoms in total. The van der Waals surface area contributed by atoms with Crippen LogP contribution in [0.5, 0.6) is 0 Å². The average molecular weight is 453 g/mol. The van der Waals surface area contributed by atoms with E-state index in [4.69, 9.17) is 44.5 Å². The van der Waals surface area contributed by atoms with Crippen molar-refractivity contribution < 1.29 is 9.53 Å². The van der Waals surface area contributed by atoms with Crippen molar-refractivity contribution in [2.75, 3.05) is 4.90 Å². The number of ether oxygens (including phenoxy) is 1. The second-order valence-electron chi connectivity index (χ2n) is 7.05. The summed E-state index contributed by atoms with van der Waals surface area (Å²) >= 11 is 19.1. The third kappa shape index (κ3) is 3.67. The van der Waals surface area contributed by atoms with Crippen LogP contribution >= 0.6 is 34.8 Å². The maximum Gasteiger partial charge on any atom is 0.302 e. The fraction of sp³-hybridized carbons (Fsp3) is 0.333. The molecule has 0 saturated carbocycles. The largest absolute Gasteiger partial charge is 0.460 e. The maximum atomic E-state index is 11.7. The zero-order chi connectivity index (χ0) is 20.7. The lowest BCUT2D eigenvalue weighted by atomic mass is 10.0. The van der Waals surface area contributed by atoms with Crippen LogP contribution in [0, 0.1) is 0 Å². The number of aromatic nitrogens is 2. The number of esters is 1. The number of benzene rings is 2. The molecule has 152 valence electrons. The number of carbonyl (C=O) groups excluding carboxylic acids is 1. The minimum Gasteiger partial charge on any atom is -0.460 e. The lowest BCUT2D eigenvalue weighted by molar-refractivity contribution is -0.147. The first-order valence-corrected chi connectivity index (χ1v) is 10.6. The van der Waals surface area contributed by atoms with Gasteiger partial charge in [0.1, 0.15) is 11.6 Å². The molecule has 0 amide bonds. The zero-order valence-corrected chi connectivity index (χ0v) is 18.3. The summed E-state index contributed by atoms with van der Waals surface area (Å²) in [6.45, 7) is 4.17. The summed E-state index contributed by atoms with van der Waals surface area (Å²) in [6, 6.07) is 11.0. The molecular formula is C21H20Cl3N3O2. The molecule has 0 spiro atoms. The first-order valence-electron chi connectivity index (χ1n) is 9.47. The van der Waals surface area contributed by atoms with Crippen LogP contribution in [0.4, 0.5) is 11.6 Å². The van der Waals surface area contributed by atoms with E-state index in [0.29, 0.717) is 21.5 Å². The number of hydrogen-bond donors (Lipinski definition) is 0. The van der Waals surface area contributed by atoms with E-state index < -0.39 is 0 Å². The van der Waals surface area contributed by atoms with Crippen LogP contribution in [0.2, 0.25) is 15.1 Å². The summed E-state index contributed by atoms with van der Waals surface area (Å²) in [5.41, 5.74) is 2.46. The molecule has 8 heteroatoms. The predicted octanol–water partition coefficient (Wildman–Crippen LogP) is 6.25. The Labute approximate surface area is 184 Å². The van der Waals surface area contributed by atoms with Gasteiger partial charge in [0.2, 0.25) is 5.95 Å². The van der Waals surface area contributed by atoms with Crippen LogP contribution in [-0.2, 0) is 16.1 Å². The van der Waals surface area contributed by atoms with Crippen molar-refractivity contribution >= 4 is 63.4 Å². The summed E-state index contributed by atoms with van der Waals surface area (Å²) < 4.78 is 7.78. The Morgan fingerprint density at radius 2 is 2.03 bits per heavy atom. The molecule has 2 unspecified atom stereocenters. The molecule has 0 saturated heterocycles. The molecule has 29 heavy (non-hydrogen) atoms. The number of imidazole rings is 1. The van der Waals surface area contributed by atoms with E-state index in [2.05, 4.69) is 9.47 Å². The fourth-order valence-electron chi connectivity index (χ4n) is 4.01. The normalized spacial score (nSPS) is 17.3. The summed E-state index contributed by atoms with van der Waals surface area (Å²) in [7, 11) is 0. The fourth-order valence-corrected chi connectivity index (χ4v) is 4.72. The van der Waals surface area contributed by atoms with Gasteiger partial charge in [0, 0.05) is 18.5 Å². The monoisotopic (exact) mass is 451 g/mol. The van der Waals surface area contributed by atoms with E-state index in [0.717, 1.165) is 35.6 Å². The van der Waals surface area contributed by atoms with E-state index in [1.54, 1.807) is 12.1 Å². The van der Waals surface area contributed by atoms with Crippen molar-refractivity contribution in [1.29, 1.82) is 0 Å². The highest BCUT2D eigenvalue weighted by Crippen LogP contribution is 2.42. The molecular weight excluding hydrogens is 433 g/mol. The Morgan fingerprint density at radius 1 is 1.24 bits per heavy atom. The highest BCUT2D eigenvalue weighted by atomic mass is 35.5. The Hall–Kier alpha value is -1.95. The van der Waals surface area contributed by atoms with Crippen molar-refractivity contribution in [1.82, 2.24) is 9.55 Å². The second kappa shape index (κ2) is 8.05. The molecule has 2 atom stereocenters. The van der Waals surface area contributed by atoms with E-state index >= 15 is 0 Å². The number of nitrogens with zero attached hydrogens (tertiary/aromatic N) is 3. The van der Waals surface area contributed by atoms with Gasteiger partial charge >= 0.3 is 5.97 Å². The standard InChI is InChI=1S/C21H20Cl3N3O2/c1-3-19(29-12(2)28)17-9-10-26-18-6-4-5-14(23)20(18)25-21(26)27(17)16-8-7-13(22)11-15(16)24/h4-8,11,17,19H,3,9-10H2,1-2H3. The van der Waals surface area contributed by atoms with Crippen LogP contribution in [0.15, 0.2) is 36.4 Å². The topological polar surface area (TPSA) is 47.4 Å². The quantitative estimate of drug-likeness (QED) is 0.439. The van der Waals surface area contributed by atoms with Gasteiger partial charge in [-0.2, -0.15) is 0 Å². The first-order chi connectivity index (χ1) is 13.9. The number of hydrogen-bond acceptors (Lipinski definition) is 4. The molecule has 0 N–H and O–H groups in total. The molecule has 3 aromatic rings. The number of fused-ring (bicyclic) bond motifs is 3. The highest BCUT2D eigenvalue weighted by Gasteiger charge is 2.37. The number of carbonyl (C=O) groups is 1. The van der Waals surface area contributed by atoms with Crippen molar-refractivity contribution in [3.8, 4) is 0 Å². The molecule has 0 radical (unpaired) electrons. The van der Waals surface area contributed by atoms with E-state index in [1.165, 1.54) is 6.92 Å². The average Bonchev–Trinajstić information content (AvgIpc) is 3.06. The zero-order valence-electron chi connectivity index (χ0n) is 16.0. The SMILES string of the molecule is CCC(OC(C)=O)C1CCn2c(nc3c(Cl)cccc32)N1c1ccc(Cl)cc1Cl. The van der Waals surface area contributed by atoms with Crippen molar-refractivity contribution in [3.05, 3.63) is 51.5 Å². The maximum absolute atomic E-state index is 11.7. The highest BCUT2D eigenvalue weighted by molar-refractivity contribution is 6.36. The number of aryl methyl sites for hydroxylation is 1. The predicted molar refractivity (Wildman–Crippen MR) is 118 cm³/mol. The molecule has 2 heterocycles. The summed E-state index contributed by atoms with van der Waals surface area (Å²) in [5, 5.41) is 1.65. The van der Waals surface area contributed by atoms with Gasteiger partial charge in [-0.3, -0.25) is 4.79 Å². The second-order valence-corrected chi connectivity index (χ2v) is 8.30. The Bertz CT molecular complexity index is 1080. The summed E-state index contributed by atoms with van der Waals surface area (Å²) in [5.74, 6) is 0.417. The third-order valence-electron chi connectivity index (χ3n) is 5.22. The van der Waals surface area contributed by atoms with Gasteiger partial charge in [-0.1, -0.05) is 47.8 Å². The lowest BCUT2D eigenvalue weighted by Gasteiger charge is -2.41. The Kier molecular flexibility index (Phi) is 5.65. The van der Waals surface area contributed by atoms with Crippen LogP contribution in [0.3, 0.4) is 0 Å². The van der Waals surface area contributed by atoms with Gasteiger partial charge in [-0.15, -0.1) is 0 Å². The number of anilines is 2. The first kappa shape index (κ1) is 20.3. The molecule has 0 aliphatic carbocycles. The van der Waals surface area contributed by atoms with Crippen LogP contribution in [-0.4, -0.2) is 27.7 Å². The Morgan fingerprint density at radius 3 is 2.72 bits per heavy atom. The molecule has 1 aromatic heterocycles. The Balaban J connectivity index is 1.92. The van der Waals surface area contributed by atoms with Gasteiger partial charge in [-0.05, 0) is 43.2 Å². The number of para-hydroxylation sites is 1. The van der Waals surface area contributed by atoms with Crippen molar-refractivity contribution in [3.63, 3.8) is 0 Å². The lowest BCUT2D eigenvalue weighted by Crippen LogP contribution is -2.47. The minimum absolute atomic E-state index is 0.120. The molecule has 0 fully saturated rings. The molecule has 1 aliphatic rings. The van der Waals surface area contributed by atoms with Gasteiger partial charge in [0.25, 0.3) is 0 Å². The van der Waals surface area contributed by atoms with Crippen LogP contribution < -0.4 is 4.90 Å². The number of halogens is 3. The van der Waals surface area contributed by atoms with Gasteiger partial charge < -0.3 is 14.2 Å². The molecule has 1 aliphatic heterocycles. The number of rotatable bonds is 4. The third-order valence-corrected chi connectivity index (χ3v) is 6.07. The van der Waals surface area contributed by atoms with E-state index in [1.807, 2.05) is 31.2 Å². The van der Waals surface area contributed by atoms with E-state index in [-0.39, 0.29) is 18.1 Å². The minimum atomic E-state index is -0.305. The smallest absolute Gasteiger partial charge is 0.302 e. The molecule has 0 bridgehead atoms. The molecule has 2 aromatic carbocycles. The van der Waals surface area contributed by atoms with Crippen molar-refractivity contribution in [2.24, 2.45) is 0 Å². The van der Waals surface area contributed by atoms with Gasteiger partial charge in [0.05, 0.1) is 27.3 Å².